The number of halogens is 3. The van der Waals surface area contributed by atoms with Gasteiger partial charge in [-0.15, -0.1) is 0 Å². The zero-order valence-corrected chi connectivity index (χ0v) is 6.55. The van der Waals surface area contributed by atoms with Gasteiger partial charge in [-0.3, -0.25) is 0 Å². The first-order valence-electron chi connectivity index (χ1n) is 2.95. The first kappa shape index (κ1) is 8.99. The van der Waals surface area contributed by atoms with Crippen LogP contribution in [0.25, 0.3) is 0 Å². The van der Waals surface area contributed by atoms with E-state index in [0.717, 1.165) is 0 Å². The summed E-state index contributed by atoms with van der Waals surface area (Å²) in [5.41, 5.74) is 5.25. The minimum atomic E-state index is -2.93. The summed E-state index contributed by atoms with van der Waals surface area (Å²) in [7, 11) is 0. The molecule has 12 heavy (non-hydrogen) atoms. The van der Waals surface area contributed by atoms with Gasteiger partial charge in [-0.1, -0.05) is 11.6 Å². The second-order valence-electron chi connectivity index (χ2n) is 1.93. The fourth-order valence-electron chi connectivity index (χ4n) is 0.625. The Morgan fingerprint density at radius 3 is 2.75 bits per heavy atom. The molecule has 6 heteroatoms. The van der Waals surface area contributed by atoms with Crippen LogP contribution in [0.15, 0.2) is 12.3 Å². The summed E-state index contributed by atoms with van der Waals surface area (Å²) in [5.74, 6) is -0.311. The summed E-state index contributed by atoms with van der Waals surface area (Å²) in [6.07, 6.45) is 1.18. The third kappa shape index (κ3) is 2.20. The van der Waals surface area contributed by atoms with Gasteiger partial charge in [-0.2, -0.15) is 8.78 Å². The number of anilines is 1. The molecular weight excluding hydrogens is 190 g/mol. The van der Waals surface area contributed by atoms with E-state index in [1.54, 1.807) is 0 Å². The molecule has 0 saturated carbocycles. The predicted octanol–water partition coefficient (Wildman–Crippen LogP) is 1.92. The number of hydrogen-bond donors (Lipinski definition) is 1. The van der Waals surface area contributed by atoms with E-state index in [4.69, 9.17) is 17.3 Å². The normalized spacial score (nSPS) is 10.3. The zero-order chi connectivity index (χ0) is 9.14. The smallest absolute Gasteiger partial charge is 0.388 e. The minimum Gasteiger partial charge on any atom is -0.415 e. The Kier molecular flexibility index (Phi) is 2.65. The Morgan fingerprint density at radius 1 is 1.58 bits per heavy atom. The number of nitrogens with zero attached hydrogens (tertiary/aromatic N) is 1. The van der Waals surface area contributed by atoms with Crippen LogP contribution in [0.3, 0.4) is 0 Å². The standard InChI is InChI=1S/C6H5ClF2N2O/c7-3-1-4(10)5(11-2-3)12-6(8)9/h1-2,6H,10H2. The number of ether oxygens (including phenoxy) is 1. The molecule has 0 amide bonds. The van der Waals surface area contributed by atoms with E-state index >= 15 is 0 Å². The van der Waals surface area contributed by atoms with Gasteiger partial charge in [0.15, 0.2) is 0 Å². The maximum Gasteiger partial charge on any atom is 0.388 e. The van der Waals surface area contributed by atoms with Crippen molar-refractivity contribution in [2.75, 3.05) is 5.73 Å². The molecule has 0 aromatic carbocycles. The molecule has 0 aliphatic heterocycles. The monoisotopic (exact) mass is 194 g/mol. The van der Waals surface area contributed by atoms with Gasteiger partial charge in [0.1, 0.15) is 0 Å². The third-order valence-corrected chi connectivity index (χ3v) is 1.25. The number of alkyl halides is 2. The average Bonchev–Trinajstić information content (AvgIpc) is 1.94. The summed E-state index contributed by atoms with van der Waals surface area (Å²) < 4.78 is 27.3. The van der Waals surface area contributed by atoms with E-state index < -0.39 is 6.61 Å². The maximum atomic E-state index is 11.7. The molecule has 2 N–H and O–H groups in total. The van der Waals surface area contributed by atoms with Crippen molar-refractivity contribution in [1.82, 2.24) is 4.98 Å². The third-order valence-electron chi connectivity index (χ3n) is 1.05. The maximum absolute atomic E-state index is 11.7. The minimum absolute atomic E-state index is 0.0113. The number of hydrogen-bond acceptors (Lipinski definition) is 3. The van der Waals surface area contributed by atoms with Crippen LogP contribution in [0.1, 0.15) is 0 Å². The molecule has 0 spiro atoms. The zero-order valence-electron chi connectivity index (χ0n) is 5.80. The molecule has 66 valence electrons. The summed E-state index contributed by atoms with van der Waals surface area (Å²) >= 11 is 5.47. The van der Waals surface area contributed by atoms with Crippen LogP contribution < -0.4 is 10.5 Å². The van der Waals surface area contributed by atoms with Gasteiger partial charge in [0.2, 0.25) is 5.88 Å². The highest BCUT2D eigenvalue weighted by Crippen LogP contribution is 2.22. The van der Waals surface area contributed by atoms with Gasteiger partial charge in [0, 0.05) is 6.20 Å². The van der Waals surface area contributed by atoms with Gasteiger partial charge in [-0.05, 0) is 6.07 Å². The molecular formula is C6H5ClF2N2O. The van der Waals surface area contributed by atoms with Gasteiger partial charge in [-0.25, -0.2) is 4.98 Å². The van der Waals surface area contributed by atoms with E-state index in [-0.39, 0.29) is 16.6 Å². The molecule has 1 heterocycles. The van der Waals surface area contributed by atoms with E-state index in [2.05, 4.69) is 9.72 Å². The van der Waals surface area contributed by atoms with Gasteiger partial charge >= 0.3 is 6.61 Å². The van der Waals surface area contributed by atoms with E-state index in [1.165, 1.54) is 12.3 Å². The summed E-state index contributed by atoms with van der Waals surface area (Å²) in [6.45, 7) is -2.93. The first-order valence-corrected chi connectivity index (χ1v) is 3.33. The molecule has 0 aliphatic rings. The molecule has 1 rings (SSSR count). The van der Waals surface area contributed by atoms with Crippen molar-refractivity contribution in [2.24, 2.45) is 0 Å². The fourth-order valence-corrected chi connectivity index (χ4v) is 0.792. The van der Waals surface area contributed by atoms with E-state index in [9.17, 15) is 8.78 Å². The lowest BCUT2D eigenvalue weighted by atomic mass is 10.4. The van der Waals surface area contributed by atoms with Crippen molar-refractivity contribution >= 4 is 17.3 Å². The van der Waals surface area contributed by atoms with Crippen molar-refractivity contribution < 1.29 is 13.5 Å². The lowest BCUT2D eigenvalue weighted by Crippen LogP contribution is -2.05. The van der Waals surface area contributed by atoms with Gasteiger partial charge in [0.25, 0.3) is 0 Å². The van der Waals surface area contributed by atoms with Crippen LogP contribution in [0, 0.1) is 0 Å². The first-order chi connectivity index (χ1) is 5.59. The van der Waals surface area contributed by atoms with Crippen molar-refractivity contribution in [3.8, 4) is 5.88 Å². The second kappa shape index (κ2) is 3.53. The highest BCUT2D eigenvalue weighted by atomic mass is 35.5. The highest BCUT2D eigenvalue weighted by Gasteiger charge is 2.08. The van der Waals surface area contributed by atoms with Crippen molar-refractivity contribution in [3.05, 3.63) is 17.3 Å². The van der Waals surface area contributed by atoms with Crippen molar-refractivity contribution in [1.29, 1.82) is 0 Å². The van der Waals surface area contributed by atoms with Gasteiger partial charge < -0.3 is 10.5 Å². The van der Waals surface area contributed by atoms with Crippen LogP contribution in [0.2, 0.25) is 5.02 Å². The molecule has 0 unspecified atom stereocenters. The molecule has 0 radical (unpaired) electrons. The molecule has 0 aliphatic carbocycles. The van der Waals surface area contributed by atoms with E-state index in [0.29, 0.717) is 0 Å². The molecule has 0 saturated heterocycles. The largest absolute Gasteiger partial charge is 0.415 e. The van der Waals surface area contributed by atoms with Crippen LogP contribution in [0.5, 0.6) is 5.88 Å². The Bertz CT molecular complexity index is 282. The lowest BCUT2D eigenvalue weighted by Gasteiger charge is -2.05. The second-order valence-corrected chi connectivity index (χ2v) is 2.36. The van der Waals surface area contributed by atoms with Crippen LogP contribution >= 0.6 is 11.6 Å². The Morgan fingerprint density at radius 2 is 2.25 bits per heavy atom. The summed E-state index contributed by atoms with van der Waals surface area (Å²) in [6, 6.07) is 1.28. The summed E-state index contributed by atoms with van der Waals surface area (Å²) in [5, 5.41) is 0.272. The molecule has 1 aromatic heterocycles. The number of aromatic nitrogens is 1. The molecule has 0 atom stereocenters. The SMILES string of the molecule is Nc1cc(Cl)cnc1OC(F)F. The number of rotatable bonds is 2. The van der Waals surface area contributed by atoms with Crippen LogP contribution in [-0.4, -0.2) is 11.6 Å². The Hall–Kier alpha value is -1.10. The number of nitrogens with two attached hydrogens (primary N) is 1. The molecule has 0 fully saturated rings. The van der Waals surface area contributed by atoms with Crippen LogP contribution in [-0.2, 0) is 0 Å². The lowest BCUT2D eigenvalue weighted by molar-refractivity contribution is -0.0522. The van der Waals surface area contributed by atoms with Crippen LogP contribution in [0.4, 0.5) is 14.5 Å². The van der Waals surface area contributed by atoms with Gasteiger partial charge in [0.05, 0.1) is 10.7 Å². The molecule has 1 aromatic rings. The average molecular weight is 195 g/mol. The number of nitrogen functional groups attached to an aromatic ring is 1. The van der Waals surface area contributed by atoms with E-state index in [1.807, 2.05) is 0 Å². The van der Waals surface area contributed by atoms with Crippen molar-refractivity contribution in [2.45, 2.75) is 6.61 Å². The molecule has 3 nitrogen and oxygen atoms in total. The highest BCUT2D eigenvalue weighted by molar-refractivity contribution is 6.30. The van der Waals surface area contributed by atoms with Crippen molar-refractivity contribution in [3.63, 3.8) is 0 Å². The fraction of sp³-hybridized carbons (Fsp3) is 0.167. The topological polar surface area (TPSA) is 48.1 Å². The predicted molar refractivity (Wildman–Crippen MR) is 40.3 cm³/mol. The quantitative estimate of drug-likeness (QED) is 0.783. The molecule has 0 bridgehead atoms. The Labute approximate surface area is 72.1 Å². The summed E-state index contributed by atoms with van der Waals surface area (Å²) in [4.78, 5) is 3.46. The number of pyridine rings is 1. The Balaban J connectivity index is 2.86.